The SMILES string of the molecule is C=CCN1C(=O)c2ccc(C(=O)NCC3(COC)CCNCC3)cc2C1=O.Cl. The summed E-state index contributed by atoms with van der Waals surface area (Å²) >= 11 is 0. The molecular weight excluding hydrogens is 382 g/mol. The Bertz CT molecular complexity index is 769. The van der Waals surface area contributed by atoms with Crippen LogP contribution in [0.2, 0.25) is 0 Å². The van der Waals surface area contributed by atoms with Crippen LogP contribution in [0.5, 0.6) is 0 Å². The number of ether oxygens (including phenoxy) is 1. The molecule has 2 N–H and O–H groups in total. The van der Waals surface area contributed by atoms with Gasteiger partial charge in [-0.05, 0) is 44.1 Å². The van der Waals surface area contributed by atoms with E-state index >= 15 is 0 Å². The number of nitrogens with zero attached hydrogens (tertiary/aromatic N) is 1. The molecule has 8 heteroatoms. The molecule has 0 unspecified atom stereocenters. The van der Waals surface area contributed by atoms with Gasteiger partial charge >= 0.3 is 0 Å². The minimum absolute atomic E-state index is 0. The monoisotopic (exact) mass is 407 g/mol. The molecule has 0 aromatic heterocycles. The number of fused-ring (bicyclic) bond motifs is 1. The van der Waals surface area contributed by atoms with Crippen molar-refractivity contribution >= 4 is 30.1 Å². The van der Waals surface area contributed by atoms with Crippen molar-refractivity contribution in [2.24, 2.45) is 5.41 Å². The van der Waals surface area contributed by atoms with E-state index in [1.165, 1.54) is 12.1 Å². The average Bonchev–Trinajstić information content (AvgIpc) is 2.92. The largest absolute Gasteiger partial charge is 0.384 e. The highest BCUT2D eigenvalue weighted by Crippen LogP contribution is 2.29. The molecule has 0 aliphatic carbocycles. The third kappa shape index (κ3) is 4.27. The number of carbonyl (C=O) groups is 3. The van der Waals surface area contributed by atoms with Crippen molar-refractivity contribution < 1.29 is 19.1 Å². The quantitative estimate of drug-likeness (QED) is 0.530. The van der Waals surface area contributed by atoms with Crippen molar-refractivity contribution in [1.29, 1.82) is 0 Å². The molecule has 0 atom stereocenters. The molecule has 2 aliphatic heterocycles. The van der Waals surface area contributed by atoms with Gasteiger partial charge in [0.05, 0.1) is 17.7 Å². The minimum atomic E-state index is -0.390. The Labute approximate surface area is 170 Å². The van der Waals surface area contributed by atoms with Crippen LogP contribution in [0.25, 0.3) is 0 Å². The van der Waals surface area contributed by atoms with Crippen LogP contribution >= 0.6 is 12.4 Å². The van der Waals surface area contributed by atoms with Gasteiger partial charge in [-0.25, -0.2) is 0 Å². The highest BCUT2D eigenvalue weighted by Gasteiger charge is 2.36. The van der Waals surface area contributed by atoms with Gasteiger partial charge in [-0.15, -0.1) is 19.0 Å². The predicted octanol–water partition coefficient (Wildman–Crippen LogP) is 1.64. The van der Waals surface area contributed by atoms with Crippen LogP contribution in [-0.4, -0.2) is 62.5 Å². The van der Waals surface area contributed by atoms with E-state index in [2.05, 4.69) is 17.2 Å². The summed E-state index contributed by atoms with van der Waals surface area (Å²) in [6, 6.07) is 4.63. The van der Waals surface area contributed by atoms with E-state index in [0.29, 0.717) is 24.3 Å². The van der Waals surface area contributed by atoms with Crippen LogP contribution in [0, 0.1) is 5.41 Å². The topological polar surface area (TPSA) is 87.7 Å². The molecule has 2 aliphatic rings. The zero-order chi connectivity index (χ0) is 19.4. The molecule has 3 rings (SSSR count). The number of carbonyl (C=O) groups excluding carboxylic acids is 3. The Morgan fingerprint density at radius 2 is 1.96 bits per heavy atom. The fraction of sp³-hybridized carbons (Fsp3) is 0.450. The summed E-state index contributed by atoms with van der Waals surface area (Å²) < 4.78 is 5.37. The Hall–Kier alpha value is -2.22. The summed E-state index contributed by atoms with van der Waals surface area (Å²) in [5, 5.41) is 6.29. The number of hydrogen-bond acceptors (Lipinski definition) is 5. The summed E-state index contributed by atoms with van der Waals surface area (Å²) in [5.41, 5.74) is 0.881. The number of halogens is 1. The Kier molecular flexibility index (Phi) is 7.35. The van der Waals surface area contributed by atoms with Gasteiger partial charge < -0.3 is 15.4 Å². The van der Waals surface area contributed by atoms with Crippen molar-refractivity contribution in [3.63, 3.8) is 0 Å². The lowest BCUT2D eigenvalue weighted by molar-refractivity contribution is 0.0511. The molecule has 1 aromatic carbocycles. The lowest BCUT2D eigenvalue weighted by Gasteiger charge is -2.37. The second-order valence-corrected chi connectivity index (χ2v) is 7.14. The average molecular weight is 408 g/mol. The maximum atomic E-state index is 12.6. The molecule has 1 saturated heterocycles. The Morgan fingerprint density at radius 1 is 1.29 bits per heavy atom. The summed E-state index contributed by atoms with van der Waals surface area (Å²) in [6.45, 7) is 6.61. The molecule has 0 bridgehead atoms. The summed E-state index contributed by atoms with van der Waals surface area (Å²) in [6.07, 6.45) is 3.35. The number of rotatable bonds is 7. The van der Waals surface area contributed by atoms with Gasteiger partial charge in [0.15, 0.2) is 0 Å². The maximum absolute atomic E-state index is 12.6. The highest BCUT2D eigenvalue weighted by molar-refractivity contribution is 6.22. The van der Waals surface area contributed by atoms with Gasteiger partial charge in [0, 0.05) is 31.2 Å². The van der Waals surface area contributed by atoms with Crippen molar-refractivity contribution in [3.8, 4) is 0 Å². The third-order valence-electron chi connectivity index (χ3n) is 5.28. The van der Waals surface area contributed by atoms with Crippen LogP contribution in [0.15, 0.2) is 30.9 Å². The zero-order valence-corrected chi connectivity index (χ0v) is 16.8. The standard InChI is InChI=1S/C20H25N3O4.ClH/c1-3-10-23-18(25)15-5-4-14(11-16(15)19(23)26)17(24)22-12-20(13-27-2)6-8-21-9-7-20;/h3-5,11,21H,1,6-10,12-13H2,2H3,(H,22,24);1H. The molecule has 0 saturated carbocycles. The normalized spacial score (nSPS) is 17.7. The van der Waals surface area contributed by atoms with Crippen molar-refractivity contribution in [3.05, 3.63) is 47.5 Å². The van der Waals surface area contributed by atoms with Gasteiger partial charge in [-0.1, -0.05) is 6.08 Å². The maximum Gasteiger partial charge on any atom is 0.261 e. The number of nitrogens with one attached hydrogen (secondary N) is 2. The fourth-order valence-electron chi connectivity index (χ4n) is 3.73. The summed E-state index contributed by atoms with van der Waals surface area (Å²) in [4.78, 5) is 38.4. The molecule has 1 fully saturated rings. The van der Waals surface area contributed by atoms with Crippen molar-refractivity contribution in [2.45, 2.75) is 12.8 Å². The lowest BCUT2D eigenvalue weighted by atomic mass is 9.79. The molecule has 1 aromatic rings. The Balaban J connectivity index is 0.00000280. The molecule has 0 radical (unpaired) electrons. The third-order valence-corrected chi connectivity index (χ3v) is 5.28. The van der Waals surface area contributed by atoms with Crippen molar-refractivity contribution in [1.82, 2.24) is 15.5 Å². The Morgan fingerprint density at radius 3 is 2.61 bits per heavy atom. The molecule has 3 amide bonds. The number of piperidine rings is 1. The smallest absolute Gasteiger partial charge is 0.261 e. The van der Waals surface area contributed by atoms with Crippen LogP contribution < -0.4 is 10.6 Å². The number of hydrogen-bond donors (Lipinski definition) is 2. The lowest BCUT2D eigenvalue weighted by Crippen LogP contribution is -2.47. The van der Waals surface area contributed by atoms with Crippen LogP contribution in [0.1, 0.15) is 43.9 Å². The van der Waals surface area contributed by atoms with Crippen LogP contribution in [0.3, 0.4) is 0 Å². The van der Waals surface area contributed by atoms with Gasteiger partial charge in [0.1, 0.15) is 0 Å². The number of amides is 3. The predicted molar refractivity (Wildman–Crippen MR) is 108 cm³/mol. The number of benzene rings is 1. The van der Waals surface area contributed by atoms with E-state index in [1.54, 1.807) is 19.2 Å². The summed E-state index contributed by atoms with van der Waals surface area (Å²) in [7, 11) is 1.67. The van der Waals surface area contributed by atoms with Gasteiger partial charge in [-0.2, -0.15) is 0 Å². The van der Waals surface area contributed by atoms with Gasteiger partial charge in [0.2, 0.25) is 0 Å². The highest BCUT2D eigenvalue weighted by atomic mass is 35.5. The second-order valence-electron chi connectivity index (χ2n) is 7.14. The van der Waals surface area contributed by atoms with E-state index in [4.69, 9.17) is 4.74 Å². The van der Waals surface area contributed by atoms with Crippen LogP contribution in [-0.2, 0) is 4.74 Å². The van der Waals surface area contributed by atoms with E-state index in [-0.39, 0.29) is 41.7 Å². The van der Waals surface area contributed by atoms with E-state index in [9.17, 15) is 14.4 Å². The molecule has 7 nitrogen and oxygen atoms in total. The first-order chi connectivity index (χ1) is 13.0. The summed E-state index contributed by atoms with van der Waals surface area (Å²) in [5.74, 6) is -0.997. The molecule has 0 spiro atoms. The zero-order valence-electron chi connectivity index (χ0n) is 16.0. The fourth-order valence-corrected chi connectivity index (χ4v) is 3.73. The van der Waals surface area contributed by atoms with Gasteiger partial charge in [0.25, 0.3) is 17.7 Å². The van der Waals surface area contributed by atoms with Gasteiger partial charge in [-0.3, -0.25) is 19.3 Å². The number of methoxy groups -OCH3 is 1. The first-order valence-electron chi connectivity index (χ1n) is 9.10. The first kappa shape index (κ1) is 22.1. The van der Waals surface area contributed by atoms with Crippen LogP contribution in [0.4, 0.5) is 0 Å². The van der Waals surface area contributed by atoms with E-state index in [0.717, 1.165) is 30.8 Å². The number of imide groups is 1. The second kappa shape index (κ2) is 9.32. The minimum Gasteiger partial charge on any atom is -0.384 e. The molecular formula is C20H26ClN3O4. The molecule has 152 valence electrons. The molecule has 2 heterocycles. The van der Waals surface area contributed by atoms with Crippen molar-refractivity contribution in [2.75, 3.05) is 39.9 Å². The van der Waals surface area contributed by atoms with E-state index < -0.39 is 5.91 Å². The first-order valence-corrected chi connectivity index (χ1v) is 9.10. The molecule has 28 heavy (non-hydrogen) atoms. The van der Waals surface area contributed by atoms with E-state index in [1.807, 2.05) is 0 Å².